The first-order valence-electron chi connectivity index (χ1n) is 8.19. The summed E-state index contributed by atoms with van der Waals surface area (Å²) in [6, 6.07) is 11.9. The normalized spacial score (nSPS) is 14.8. The second-order valence-corrected chi connectivity index (χ2v) is 8.32. The molecule has 0 saturated carbocycles. The van der Waals surface area contributed by atoms with E-state index in [2.05, 4.69) is 10.6 Å². The summed E-state index contributed by atoms with van der Waals surface area (Å²) >= 11 is 5.95. The predicted molar refractivity (Wildman–Crippen MR) is 102 cm³/mol. The molecule has 0 unspecified atom stereocenters. The Morgan fingerprint density at radius 1 is 1.25 bits per heavy atom. The number of hydrogen-bond acceptors (Lipinski definition) is 5. The SMILES string of the molecule is N#Cc1ccc(NC(=O)c2cccc(S(=O)(=O)N3CCNC(=O)C3)c2)cc1Cl. The van der Waals surface area contributed by atoms with Crippen LogP contribution in [0, 0.1) is 11.3 Å². The number of sulfonamides is 1. The number of anilines is 1. The van der Waals surface area contributed by atoms with Gasteiger partial charge >= 0.3 is 0 Å². The Balaban J connectivity index is 1.82. The number of carbonyl (C=O) groups excluding carboxylic acids is 2. The van der Waals surface area contributed by atoms with Crippen molar-refractivity contribution < 1.29 is 18.0 Å². The van der Waals surface area contributed by atoms with Crippen molar-refractivity contribution >= 4 is 39.1 Å². The van der Waals surface area contributed by atoms with E-state index in [1.54, 1.807) is 0 Å². The molecule has 8 nitrogen and oxygen atoms in total. The average Bonchev–Trinajstić information content (AvgIpc) is 2.68. The molecular weight excluding hydrogens is 404 g/mol. The number of nitrogens with one attached hydrogen (secondary N) is 2. The van der Waals surface area contributed by atoms with Gasteiger partial charge in [0.15, 0.2) is 0 Å². The van der Waals surface area contributed by atoms with Crippen LogP contribution in [-0.2, 0) is 14.8 Å². The minimum absolute atomic E-state index is 0.0762. The molecule has 2 amide bonds. The van der Waals surface area contributed by atoms with Crippen molar-refractivity contribution in [3.05, 3.63) is 58.6 Å². The van der Waals surface area contributed by atoms with Crippen LogP contribution in [0.15, 0.2) is 47.4 Å². The van der Waals surface area contributed by atoms with E-state index in [1.165, 1.54) is 42.5 Å². The molecule has 1 aliphatic heterocycles. The summed E-state index contributed by atoms with van der Waals surface area (Å²) in [5, 5.41) is 14.3. The van der Waals surface area contributed by atoms with E-state index in [0.29, 0.717) is 5.69 Å². The lowest BCUT2D eigenvalue weighted by Gasteiger charge is -2.26. The molecule has 1 saturated heterocycles. The minimum atomic E-state index is -3.90. The molecule has 0 aromatic heterocycles. The fraction of sp³-hybridized carbons (Fsp3) is 0.167. The monoisotopic (exact) mass is 418 g/mol. The van der Waals surface area contributed by atoms with Gasteiger partial charge in [-0.3, -0.25) is 9.59 Å². The van der Waals surface area contributed by atoms with Gasteiger partial charge in [-0.05, 0) is 36.4 Å². The zero-order chi connectivity index (χ0) is 20.3. The summed E-state index contributed by atoms with van der Waals surface area (Å²) in [5.74, 6) is -0.907. The van der Waals surface area contributed by atoms with Crippen LogP contribution in [0.2, 0.25) is 5.02 Å². The summed E-state index contributed by atoms with van der Waals surface area (Å²) in [5.41, 5.74) is 0.774. The fourth-order valence-corrected chi connectivity index (χ4v) is 4.32. The van der Waals surface area contributed by atoms with Gasteiger partial charge < -0.3 is 10.6 Å². The molecule has 0 spiro atoms. The van der Waals surface area contributed by atoms with Crippen LogP contribution in [0.4, 0.5) is 5.69 Å². The van der Waals surface area contributed by atoms with Crippen LogP contribution in [0.5, 0.6) is 0 Å². The number of benzene rings is 2. The molecule has 1 aliphatic rings. The number of nitriles is 1. The molecule has 10 heteroatoms. The number of hydrogen-bond donors (Lipinski definition) is 2. The highest BCUT2D eigenvalue weighted by Gasteiger charge is 2.29. The highest BCUT2D eigenvalue weighted by atomic mass is 35.5. The van der Waals surface area contributed by atoms with Crippen LogP contribution >= 0.6 is 11.6 Å². The lowest BCUT2D eigenvalue weighted by molar-refractivity contribution is -0.122. The highest BCUT2D eigenvalue weighted by Crippen LogP contribution is 2.22. The predicted octanol–water partition coefficient (Wildman–Crippen LogP) is 1.58. The maximum Gasteiger partial charge on any atom is 0.255 e. The summed E-state index contributed by atoms with van der Waals surface area (Å²) in [4.78, 5) is 23.9. The third-order valence-corrected chi connectivity index (χ3v) is 6.24. The van der Waals surface area contributed by atoms with Gasteiger partial charge in [0.2, 0.25) is 15.9 Å². The molecule has 1 heterocycles. The van der Waals surface area contributed by atoms with Crippen LogP contribution in [0.3, 0.4) is 0 Å². The third-order valence-electron chi connectivity index (χ3n) is 4.08. The van der Waals surface area contributed by atoms with E-state index in [1.807, 2.05) is 6.07 Å². The molecule has 144 valence electrons. The molecule has 0 aliphatic carbocycles. The molecule has 3 rings (SSSR count). The number of carbonyl (C=O) groups is 2. The van der Waals surface area contributed by atoms with Crippen molar-refractivity contribution in [3.63, 3.8) is 0 Å². The lowest BCUT2D eigenvalue weighted by atomic mass is 10.2. The molecule has 0 atom stereocenters. The average molecular weight is 419 g/mol. The van der Waals surface area contributed by atoms with Gasteiger partial charge in [0.1, 0.15) is 6.07 Å². The van der Waals surface area contributed by atoms with Crippen molar-refractivity contribution in [1.29, 1.82) is 5.26 Å². The van der Waals surface area contributed by atoms with Gasteiger partial charge in [-0.2, -0.15) is 9.57 Å². The Bertz CT molecular complexity index is 1100. The van der Waals surface area contributed by atoms with Gasteiger partial charge in [-0.25, -0.2) is 8.42 Å². The third kappa shape index (κ3) is 4.14. The highest BCUT2D eigenvalue weighted by molar-refractivity contribution is 7.89. The number of halogens is 1. The van der Waals surface area contributed by atoms with E-state index < -0.39 is 15.9 Å². The summed E-state index contributed by atoms with van der Waals surface area (Å²) in [6.07, 6.45) is 0. The Kier molecular flexibility index (Phi) is 5.65. The molecule has 0 radical (unpaired) electrons. The smallest absolute Gasteiger partial charge is 0.255 e. The second kappa shape index (κ2) is 7.98. The van der Waals surface area contributed by atoms with Gasteiger partial charge in [-0.1, -0.05) is 17.7 Å². The van der Waals surface area contributed by atoms with E-state index >= 15 is 0 Å². The quantitative estimate of drug-likeness (QED) is 0.781. The van der Waals surface area contributed by atoms with Gasteiger partial charge in [0, 0.05) is 24.3 Å². The van der Waals surface area contributed by atoms with Crippen molar-refractivity contribution in [2.24, 2.45) is 0 Å². The zero-order valence-corrected chi connectivity index (χ0v) is 16.0. The molecule has 1 fully saturated rings. The van der Waals surface area contributed by atoms with Gasteiger partial charge in [-0.15, -0.1) is 0 Å². The van der Waals surface area contributed by atoms with Crippen molar-refractivity contribution in [3.8, 4) is 6.07 Å². The maximum atomic E-state index is 12.7. The Labute approximate surface area is 166 Å². The number of piperazine rings is 1. The zero-order valence-electron chi connectivity index (χ0n) is 14.5. The standard InChI is InChI=1S/C18H15ClN4O4S/c19-16-9-14(5-4-13(16)10-20)22-18(25)12-2-1-3-15(8-12)28(26,27)23-7-6-21-17(24)11-23/h1-5,8-9H,6-7,11H2,(H,21,24)(H,22,25). The maximum absolute atomic E-state index is 12.7. The fourth-order valence-electron chi connectivity index (χ4n) is 2.65. The van der Waals surface area contributed by atoms with Gasteiger partial charge in [0.25, 0.3) is 5.91 Å². The van der Waals surface area contributed by atoms with Crippen LogP contribution in [-0.4, -0.2) is 44.2 Å². The minimum Gasteiger partial charge on any atom is -0.354 e. The molecule has 2 aromatic rings. The Hall–Kier alpha value is -2.93. The Morgan fingerprint density at radius 3 is 2.71 bits per heavy atom. The number of nitrogens with zero attached hydrogens (tertiary/aromatic N) is 2. The lowest BCUT2D eigenvalue weighted by Crippen LogP contribution is -2.49. The number of rotatable bonds is 4. The first kappa shape index (κ1) is 19.8. The molecule has 28 heavy (non-hydrogen) atoms. The molecule has 2 N–H and O–H groups in total. The van der Waals surface area contributed by atoms with Crippen molar-refractivity contribution in [2.75, 3.05) is 25.0 Å². The van der Waals surface area contributed by atoms with Crippen molar-refractivity contribution in [2.45, 2.75) is 4.90 Å². The summed E-state index contributed by atoms with van der Waals surface area (Å²) in [6.45, 7) is 0.133. The molecular formula is C18H15ClN4O4S. The summed E-state index contributed by atoms with van der Waals surface area (Å²) < 4.78 is 26.6. The topological polar surface area (TPSA) is 119 Å². The van der Waals surface area contributed by atoms with Crippen LogP contribution in [0.1, 0.15) is 15.9 Å². The van der Waals surface area contributed by atoms with Crippen LogP contribution in [0.25, 0.3) is 0 Å². The summed E-state index contributed by atoms with van der Waals surface area (Å²) in [7, 11) is -3.90. The number of amides is 2. The molecule has 2 aromatic carbocycles. The van der Waals surface area contributed by atoms with E-state index in [9.17, 15) is 18.0 Å². The van der Waals surface area contributed by atoms with Crippen molar-refractivity contribution in [1.82, 2.24) is 9.62 Å². The first-order chi connectivity index (χ1) is 13.3. The van der Waals surface area contributed by atoms with Gasteiger partial charge in [0.05, 0.1) is 22.0 Å². The molecule has 0 bridgehead atoms. The Morgan fingerprint density at radius 2 is 2.04 bits per heavy atom. The van der Waals surface area contributed by atoms with E-state index in [4.69, 9.17) is 16.9 Å². The first-order valence-corrected chi connectivity index (χ1v) is 10.0. The second-order valence-electron chi connectivity index (χ2n) is 5.98. The largest absolute Gasteiger partial charge is 0.354 e. The van der Waals surface area contributed by atoms with E-state index in [-0.39, 0.29) is 46.6 Å². The van der Waals surface area contributed by atoms with E-state index in [0.717, 1.165) is 4.31 Å². The van der Waals surface area contributed by atoms with Crippen LogP contribution < -0.4 is 10.6 Å².